The average molecular weight is 255 g/mol. The van der Waals surface area contributed by atoms with E-state index < -0.39 is 0 Å². The van der Waals surface area contributed by atoms with Crippen molar-refractivity contribution < 1.29 is 14.3 Å². The molecule has 0 amide bonds. The van der Waals surface area contributed by atoms with Gasteiger partial charge in [0.25, 0.3) is 0 Å². The Morgan fingerprint density at radius 2 is 1.82 bits per heavy atom. The van der Waals surface area contributed by atoms with Gasteiger partial charge >= 0.3 is 0 Å². The summed E-state index contributed by atoms with van der Waals surface area (Å²) in [6.07, 6.45) is 0.833. The first-order valence-electron chi connectivity index (χ1n) is 5.73. The molecule has 1 aromatic carbocycles. The van der Waals surface area contributed by atoms with E-state index in [-0.39, 0.29) is 11.7 Å². The molecule has 2 rings (SSSR count). The summed E-state index contributed by atoms with van der Waals surface area (Å²) in [7, 11) is 0. The number of ether oxygens (including phenoxy) is 2. The first-order valence-corrected chi connectivity index (χ1v) is 6.10. The molecular formula is C13H15ClO3. The van der Waals surface area contributed by atoms with Gasteiger partial charge in [0.1, 0.15) is 0 Å². The molecule has 0 atom stereocenters. The molecule has 1 aromatic rings. The van der Waals surface area contributed by atoms with Gasteiger partial charge in [0, 0.05) is 24.0 Å². The highest BCUT2D eigenvalue weighted by atomic mass is 35.5. The van der Waals surface area contributed by atoms with Crippen LogP contribution in [0.1, 0.15) is 30.6 Å². The van der Waals surface area contributed by atoms with Gasteiger partial charge in [-0.25, -0.2) is 0 Å². The number of hydrogen-bond acceptors (Lipinski definition) is 3. The fourth-order valence-corrected chi connectivity index (χ4v) is 1.93. The second-order valence-electron chi connectivity index (χ2n) is 4.35. The normalized spacial score (nSPS) is 14.6. The summed E-state index contributed by atoms with van der Waals surface area (Å²) in [6, 6.07) is 3.35. The van der Waals surface area contributed by atoms with Gasteiger partial charge in [-0.3, -0.25) is 4.79 Å². The van der Waals surface area contributed by atoms with Crippen LogP contribution in [0.5, 0.6) is 11.5 Å². The van der Waals surface area contributed by atoms with E-state index in [9.17, 15) is 4.79 Å². The molecule has 0 fully saturated rings. The van der Waals surface area contributed by atoms with Crippen LogP contribution in [0.15, 0.2) is 12.1 Å². The summed E-state index contributed by atoms with van der Waals surface area (Å²) in [5, 5.41) is 0.424. The zero-order valence-corrected chi connectivity index (χ0v) is 10.7. The van der Waals surface area contributed by atoms with E-state index in [1.807, 2.05) is 13.8 Å². The van der Waals surface area contributed by atoms with Crippen LogP contribution in [-0.2, 0) is 0 Å². The SMILES string of the molecule is CC(C)C(=O)c1cc2c(cc1Cl)OCCCO2. The van der Waals surface area contributed by atoms with Crippen molar-refractivity contribution in [3.8, 4) is 11.5 Å². The lowest BCUT2D eigenvalue weighted by molar-refractivity contribution is 0.0939. The molecule has 0 aliphatic carbocycles. The van der Waals surface area contributed by atoms with Gasteiger partial charge in [-0.15, -0.1) is 0 Å². The van der Waals surface area contributed by atoms with Gasteiger partial charge in [0.2, 0.25) is 0 Å². The van der Waals surface area contributed by atoms with E-state index in [0.29, 0.717) is 35.3 Å². The Bertz CT molecular complexity index is 441. The summed E-state index contributed by atoms with van der Waals surface area (Å²) >= 11 is 6.10. The van der Waals surface area contributed by atoms with E-state index in [4.69, 9.17) is 21.1 Å². The fraction of sp³-hybridized carbons (Fsp3) is 0.462. The number of Topliss-reactive ketones (excluding diaryl/α,β-unsaturated/α-hetero) is 1. The predicted octanol–water partition coefficient (Wildman–Crippen LogP) is 3.34. The number of halogens is 1. The van der Waals surface area contributed by atoms with Crippen LogP contribution in [0.4, 0.5) is 0 Å². The molecule has 4 heteroatoms. The van der Waals surface area contributed by atoms with Crippen molar-refractivity contribution in [3.63, 3.8) is 0 Å². The lowest BCUT2D eigenvalue weighted by Gasteiger charge is -2.12. The van der Waals surface area contributed by atoms with Gasteiger partial charge in [-0.2, -0.15) is 0 Å². The second kappa shape index (κ2) is 4.96. The van der Waals surface area contributed by atoms with Crippen LogP contribution in [-0.4, -0.2) is 19.0 Å². The number of carbonyl (C=O) groups excluding carboxylic acids is 1. The van der Waals surface area contributed by atoms with Crippen molar-refractivity contribution in [3.05, 3.63) is 22.7 Å². The average Bonchev–Trinajstić information content (AvgIpc) is 2.51. The van der Waals surface area contributed by atoms with Crippen molar-refractivity contribution in [2.24, 2.45) is 5.92 Å². The number of carbonyl (C=O) groups is 1. The minimum Gasteiger partial charge on any atom is -0.490 e. The highest BCUT2D eigenvalue weighted by Gasteiger charge is 2.19. The molecule has 0 aromatic heterocycles. The Morgan fingerprint density at radius 3 is 2.41 bits per heavy atom. The maximum absolute atomic E-state index is 12.0. The number of fused-ring (bicyclic) bond motifs is 1. The molecule has 0 radical (unpaired) electrons. The fourth-order valence-electron chi connectivity index (χ4n) is 1.68. The zero-order chi connectivity index (χ0) is 12.4. The van der Waals surface area contributed by atoms with Crippen LogP contribution in [0.2, 0.25) is 5.02 Å². The highest BCUT2D eigenvalue weighted by molar-refractivity contribution is 6.34. The lowest BCUT2D eigenvalue weighted by Crippen LogP contribution is -2.08. The van der Waals surface area contributed by atoms with Crippen LogP contribution in [0, 0.1) is 5.92 Å². The second-order valence-corrected chi connectivity index (χ2v) is 4.76. The van der Waals surface area contributed by atoms with Gasteiger partial charge in [-0.1, -0.05) is 25.4 Å². The Hall–Kier alpha value is -1.22. The van der Waals surface area contributed by atoms with Crippen LogP contribution in [0.25, 0.3) is 0 Å². The first-order chi connectivity index (χ1) is 8.09. The van der Waals surface area contributed by atoms with E-state index >= 15 is 0 Å². The summed E-state index contributed by atoms with van der Waals surface area (Å²) < 4.78 is 11.0. The maximum Gasteiger partial charge on any atom is 0.167 e. The number of hydrogen-bond donors (Lipinski definition) is 0. The number of ketones is 1. The Labute approximate surface area is 106 Å². The molecule has 1 heterocycles. The van der Waals surface area contributed by atoms with Crippen molar-refractivity contribution in [1.82, 2.24) is 0 Å². The molecule has 0 bridgehead atoms. The summed E-state index contributed by atoms with van der Waals surface area (Å²) in [5.74, 6) is 1.16. The highest BCUT2D eigenvalue weighted by Crippen LogP contribution is 2.35. The Balaban J connectivity index is 2.42. The van der Waals surface area contributed by atoms with Crippen molar-refractivity contribution in [2.75, 3.05) is 13.2 Å². The van der Waals surface area contributed by atoms with Gasteiger partial charge in [0.05, 0.1) is 18.2 Å². The van der Waals surface area contributed by atoms with Crippen LogP contribution < -0.4 is 9.47 Å². The molecule has 17 heavy (non-hydrogen) atoms. The largest absolute Gasteiger partial charge is 0.490 e. The molecule has 1 aliphatic heterocycles. The molecule has 92 valence electrons. The zero-order valence-electron chi connectivity index (χ0n) is 9.96. The third kappa shape index (κ3) is 2.55. The minimum absolute atomic E-state index is 0.0191. The van der Waals surface area contributed by atoms with E-state index in [0.717, 1.165) is 6.42 Å². The van der Waals surface area contributed by atoms with Gasteiger partial charge in [0.15, 0.2) is 17.3 Å². The maximum atomic E-state index is 12.0. The molecule has 0 saturated heterocycles. The van der Waals surface area contributed by atoms with Gasteiger partial charge in [-0.05, 0) is 6.07 Å². The molecule has 0 spiro atoms. The summed E-state index contributed by atoms with van der Waals surface area (Å²) in [4.78, 5) is 12.0. The van der Waals surface area contributed by atoms with Crippen LogP contribution >= 0.6 is 11.6 Å². The topological polar surface area (TPSA) is 35.5 Å². The third-order valence-electron chi connectivity index (χ3n) is 2.63. The summed E-state index contributed by atoms with van der Waals surface area (Å²) in [5.41, 5.74) is 0.505. The smallest absolute Gasteiger partial charge is 0.167 e. The summed E-state index contributed by atoms with van der Waals surface area (Å²) in [6.45, 7) is 4.91. The van der Waals surface area contributed by atoms with Crippen molar-refractivity contribution in [2.45, 2.75) is 20.3 Å². The van der Waals surface area contributed by atoms with E-state index in [1.54, 1.807) is 12.1 Å². The van der Waals surface area contributed by atoms with Crippen molar-refractivity contribution in [1.29, 1.82) is 0 Å². The molecule has 1 aliphatic rings. The van der Waals surface area contributed by atoms with Crippen LogP contribution in [0.3, 0.4) is 0 Å². The minimum atomic E-state index is -0.0859. The molecule has 0 saturated carbocycles. The van der Waals surface area contributed by atoms with E-state index in [2.05, 4.69) is 0 Å². The number of rotatable bonds is 2. The van der Waals surface area contributed by atoms with E-state index in [1.165, 1.54) is 0 Å². The molecule has 0 N–H and O–H groups in total. The Morgan fingerprint density at radius 1 is 1.24 bits per heavy atom. The Kier molecular flexibility index (Phi) is 3.57. The van der Waals surface area contributed by atoms with Gasteiger partial charge < -0.3 is 9.47 Å². The quantitative estimate of drug-likeness (QED) is 0.760. The first kappa shape index (κ1) is 12.2. The molecule has 0 unspecified atom stereocenters. The lowest BCUT2D eigenvalue weighted by atomic mass is 10.0. The van der Waals surface area contributed by atoms with Crippen molar-refractivity contribution >= 4 is 17.4 Å². The standard InChI is InChI=1S/C13H15ClO3/c1-8(2)13(15)9-6-11-12(7-10(9)14)17-5-3-4-16-11/h6-8H,3-5H2,1-2H3. The monoisotopic (exact) mass is 254 g/mol. The predicted molar refractivity (Wildman–Crippen MR) is 66.2 cm³/mol. The number of benzene rings is 1. The third-order valence-corrected chi connectivity index (χ3v) is 2.94. The molecule has 3 nitrogen and oxygen atoms in total. The molecular weight excluding hydrogens is 240 g/mol.